The fourth-order valence-corrected chi connectivity index (χ4v) is 7.85. The summed E-state index contributed by atoms with van der Waals surface area (Å²) in [6, 6.07) is 39.3. The molecule has 6 aromatic rings. The lowest BCUT2D eigenvalue weighted by molar-refractivity contribution is 0.660. The Hall–Kier alpha value is -4.16. The molecule has 0 aromatic heterocycles. The molecule has 0 heteroatoms. The second-order valence-electron chi connectivity index (χ2n) is 12.4. The Bertz CT molecular complexity index is 1980. The predicted molar refractivity (Wildman–Crippen MR) is 171 cm³/mol. The summed E-state index contributed by atoms with van der Waals surface area (Å²) in [5.41, 5.74) is 15.6. The van der Waals surface area contributed by atoms with Gasteiger partial charge in [0.15, 0.2) is 0 Å². The SMILES string of the molecule is Cc1ccc2c(-c3cccc4c3CCCC4)c3ccccc3c(-c3cccc4c3-c3ccccc3C4(C)C)c2c1. The number of hydrogen-bond acceptors (Lipinski definition) is 0. The number of aryl methyl sites for hydroxylation is 2. The monoisotopic (exact) mass is 514 g/mol. The molecule has 0 saturated carbocycles. The highest BCUT2D eigenvalue weighted by Crippen LogP contribution is 2.54. The summed E-state index contributed by atoms with van der Waals surface area (Å²) in [6.45, 7) is 6.99. The van der Waals surface area contributed by atoms with Crippen LogP contribution in [0.15, 0.2) is 103 Å². The molecule has 0 unspecified atom stereocenters. The molecule has 0 spiro atoms. The van der Waals surface area contributed by atoms with E-state index >= 15 is 0 Å². The van der Waals surface area contributed by atoms with Crippen LogP contribution in [0.25, 0.3) is 54.9 Å². The van der Waals surface area contributed by atoms with Crippen molar-refractivity contribution in [1.29, 1.82) is 0 Å². The molecular formula is C40H34. The molecule has 0 aliphatic heterocycles. The largest absolute Gasteiger partial charge is 0.0619 e. The molecular weight excluding hydrogens is 480 g/mol. The van der Waals surface area contributed by atoms with Crippen LogP contribution in [0.4, 0.5) is 0 Å². The summed E-state index contributed by atoms with van der Waals surface area (Å²) in [5, 5.41) is 5.43. The molecule has 0 heterocycles. The minimum absolute atomic E-state index is 0.0213. The van der Waals surface area contributed by atoms with Crippen LogP contribution >= 0.6 is 0 Å². The first-order chi connectivity index (χ1) is 19.5. The Morgan fingerprint density at radius 3 is 1.98 bits per heavy atom. The summed E-state index contributed by atoms with van der Waals surface area (Å²) in [5.74, 6) is 0. The van der Waals surface area contributed by atoms with E-state index in [4.69, 9.17) is 0 Å². The highest BCUT2D eigenvalue weighted by atomic mass is 14.4. The van der Waals surface area contributed by atoms with Gasteiger partial charge >= 0.3 is 0 Å². The van der Waals surface area contributed by atoms with Crippen LogP contribution < -0.4 is 0 Å². The third kappa shape index (κ3) is 3.26. The zero-order chi connectivity index (χ0) is 27.0. The number of rotatable bonds is 2. The lowest BCUT2D eigenvalue weighted by atomic mass is 9.79. The molecule has 0 N–H and O–H groups in total. The van der Waals surface area contributed by atoms with Crippen molar-refractivity contribution in [2.24, 2.45) is 0 Å². The van der Waals surface area contributed by atoms with Crippen LogP contribution in [0.5, 0.6) is 0 Å². The lowest BCUT2D eigenvalue weighted by Crippen LogP contribution is -2.14. The minimum Gasteiger partial charge on any atom is -0.0619 e. The molecule has 0 atom stereocenters. The van der Waals surface area contributed by atoms with Gasteiger partial charge in [0.2, 0.25) is 0 Å². The fraction of sp³-hybridized carbons (Fsp3) is 0.200. The van der Waals surface area contributed by atoms with E-state index in [1.807, 2.05) is 0 Å². The van der Waals surface area contributed by atoms with Gasteiger partial charge in [-0.05, 0) is 110 Å². The van der Waals surface area contributed by atoms with E-state index < -0.39 is 0 Å². The molecule has 6 aromatic carbocycles. The minimum atomic E-state index is -0.0213. The van der Waals surface area contributed by atoms with E-state index in [0.29, 0.717) is 0 Å². The summed E-state index contributed by atoms with van der Waals surface area (Å²) in [6.07, 6.45) is 4.95. The molecule has 0 amide bonds. The van der Waals surface area contributed by atoms with Crippen LogP contribution in [-0.2, 0) is 18.3 Å². The van der Waals surface area contributed by atoms with Crippen LogP contribution in [0, 0.1) is 6.92 Å². The van der Waals surface area contributed by atoms with Gasteiger partial charge in [0.25, 0.3) is 0 Å². The van der Waals surface area contributed by atoms with Gasteiger partial charge in [-0.1, -0.05) is 123 Å². The van der Waals surface area contributed by atoms with Gasteiger partial charge in [-0.15, -0.1) is 0 Å². The van der Waals surface area contributed by atoms with Gasteiger partial charge in [0.05, 0.1) is 0 Å². The first-order valence-electron chi connectivity index (χ1n) is 14.8. The smallest absolute Gasteiger partial charge is 0.0159 e. The number of benzene rings is 6. The third-order valence-corrected chi connectivity index (χ3v) is 9.72. The van der Waals surface area contributed by atoms with E-state index in [9.17, 15) is 0 Å². The zero-order valence-electron chi connectivity index (χ0n) is 23.6. The molecule has 8 rings (SSSR count). The Labute approximate surface area is 237 Å². The maximum atomic E-state index is 2.43. The fourth-order valence-electron chi connectivity index (χ4n) is 7.85. The van der Waals surface area contributed by atoms with Crippen molar-refractivity contribution >= 4 is 21.5 Å². The number of hydrogen-bond donors (Lipinski definition) is 0. The molecule has 0 nitrogen and oxygen atoms in total. The van der Waals surface area contributed by atoms with E-state index in [-0.39, 0.29) is 5.41 Å². The molecule has 2 aliphatic carbocycles. The summed E-state index contributed by atoms with van der Waals surface area (Å²) in [4.78, 5) is 0. The quantitative estimate of drug-likeness (QED) is 0.202. The molecule has 0 fully saturated rings. The Morgan fingerprint density at radius 1 is 0.500 bits per heavy atom. The summed E-state index contributed by atoms with van der Waals surface area (Å²) >= 11 is 0. The predicted octanol–water partition coefficient (Wildman–Crippen LogP) is 10.8. The zero-order valence-corrected chi connectivity index (χ0v) is 23.6. The summed E-state index contributed by atoms with van der Waals surface area (Å²) < 4.78 is 0. The van der Waals surface area contributed by atoms with E-state index in [1.165, 1.54) is 103 Å². The maximum Gasteiger partial charge on any atom is 0.0159 e. The van der Waals surface area contributed by atoms with Crippen LogP contribution in [0.3, 0.4) is 0 Å². The highest BCUT2D eigenvalue weighted by molar-refractivity contribution is 6.23. The van der Waals surface area contributed by atoms with Crippen molar-refractivity contribution in [2.45, 2.75) is 51.9 Å². The van der Waals surface area contributed by atoms with Crippen molar-refractivity contribution in [3.05, 3.63) is 131 Å². The highest BCUT2D eigenvalue weighted by Gasteiger charge is 2.37. The van der Waals surface area contributed by atoms with Gasteiger partial charge in [-0.25, -0.2) is 0 Å². The second-order valence-corrected chi connectivity index (χ2v) is 12.4. The molecule has 0 radical (unpaired) electrons. The van der Waals surface area contributed by atoms with Crippen LogP contribution in [0.1, 0.15) is 54.5 Å². The van der Waals surface area contributed by atoms with Gasteiger partial charge in [0, 0.05) is 5.41 Å². The average Bonchev–Trinajstić information content (AvgIpc) is 3.22. The van der Waals surface area contributed by atoms with Crippen molar-refractivity contribution in [1.82, 2.24) is 0 Å². The van der Waals surface area contributed by atoms with E-state index in [0.717, 1.165) is 0 Å². The average molecular weight is 515 g/mol. The first-order valence-corrected chi connectivity index (χ1v) is 14.8. The summed E-state index contributed by atoms with van der Waals surface area (Å²) in [7, 11) is 0. The van der Waals surface area contributed by atoms with Crippen molar-refractivity contribution in [3.63, 3.8) is 0 Å². The van der Waals surface area contributed by atoms with Crippen molar-refractivity contribution in [2.75, 3.05) is 0 Å². The molecule has 2 aliphatic rings. The molecule has 194 valence electrons. The Balaban J connectivity index is 1.54. The van der Waals surface area contributed by atoms with Gasteiger partial charge in [-0.3, -0.25) is 0 Å². The third-order valence-electron chi connectivity index (χ3n) is 9.72. The van der Waals surface area contributed by atoms with Gasteiger partial charge in [-0.2, -0.15) is 0 Å². The van der Waals surface area contributed by atoms with E-state index in [2.05, 4.69) is 124 Å². The molecule has 0 bridgehead atoms. The number of fused-ring (bicyclic) bond motifs is 6. The van der Waals surface area contributed by atoms with Crippen molar-refractivity contribution in [3.8, 4) is 33.4 Å². The molecule has 40 heavy (non-hydrogen) atoms. The normalized spacial score (nSPS) is 15.2. The Morgan fingerprint density at radius 2 is 1.12 bits per heavy atom. The van der Waals surface area contributed by atoms with Gasteiger partial charge in [0.1, 0.15) is 0 Å². The van der Waals surface area contributed by atoms with Crippen molar-refractivity contribution < 1.29 is 0 Å². The maximum absolute atomic E-state index is 2.43. The Kier molecular flexibility index (Phi) is 5.14. The standard InChI is InChI=1S/C40H34/c1-25-22-23-31-34(24-25)38(33-19-11-21-36-39(33)32-17-8-9-20-35(32)40(36,2)3)30-16-7-6-15-29(30)37(31)28-18-10-13-26-12-4-5-14-27(26)28/h6-11,13,15-24H,4-5,12,14H2,1-3H3. The first kappa shape index (κ1) is 23.7. The molecule has 0 saturated heterocycles. The van der Waals surface area contributed by atoms with Crippen LogP contribution in [0.2, 0.25) is 0 Å². The lowest BCUT2D eigenvalue weighted by Gasteiger charge is -2.24. The van der Waals surface area contributed by atoms with E-state index in [1.54, 1.807) is 5.56 Å². The van der Waals surface area contributed by atoms with Crippen LogP contribution in [-0.4, -0.2) is 0 Å². The topological polar surface area (TPSA) is 0 Å². The second kappa shape index (κ2) is 8.67. The van der Waals surface area contributed by atoms with Gasteiger partial charge < -0.3 is 0 Å².